The minimum atomic E-state index is -0.599. The van der Waals surface area contributed by atoms with Gasteiger partial charge in [0.05, 0.1) is 0 Å². The van der Waals surface area contributed by atoms with E-state index in [4.69, 9.17) is 0 Å². The molecule has 2 aliphatic rings. The maximum absolute atomic E-state index is 11.4. The van der Waals surface area contributed by atoms with Crippen LogP contribution < -0.4 is 0 Å². The molecule has 92 valence electrons. The Morgan fingerprint density at radius 2 is 2.19 bits per heavy atom. The molecule has 1 N–H and O–H groups in total. The van der Waals surface area contributed by atoms with Gasteiger partial charge in [-0.2, -0.15) is 0 Å². The van der Waals surface area contributed by atoms with Crippen LogP contribution in [0, 0.1) is 17.8 Å². The number of likely N-dealkylation sites (tertiary alicyclic amines) is 1. The Balaban J connectivity index is 1.99. The van der Waals surface area contributed by atoms with Crippen molar-refractivity contribution in [2.75, 3.05) is 13.1 Å². The van der Waals surface area contributed by atoms with E-state index < -0.39 is 5.97 Å². The summed E-state index contributed by atoms with van der Waals surface area (Å²) in [4.78, 5) is 13.6. The van der Waals surface area contributed by atoms with E-state index in [1.807, 2.05) is 0 Å². The Hall–Kier alpha value is -0.570. The largest absolute Gasteiger partial charge is 0.480 e. The number of fused-ring (bicyclic) bond motifs is 1. The van der Waals surface area contributed by atoms with E-state index in [0.29, 0.717) is 17.8 Å². The lowest BCUT2D eigenvalue weighted by atomic mass is 9.94. The Morgan fingerprint density at radius 1 is 1.44 bits per heavy atom. The SMILES string of the molecule is CC(C)CCN1CC2CCCC2C1C(=O)O. The Kier molecular flexibility index (Phi) is 3.53. The van der Waals surface area contributed by atoms with Crippen molar-refractivity contribution in [1.29, 1.82) is 0 Å². The van der Waals surface area contributed by atoms with Gasteiger partial charge in [0.25, 0.3) is 0 Å². The predicted octanol–water partition coefficient (Wildman–Crippen LogP) is 2.22. The van der Waals surface area contributed by atoms with Crippen molar-refractivity contribution in [1.82, 2.24) is 4.90 Å². The molecule has 3 nitrogen and oxygen atoms in total. The predicted molar refractivity (Wildman–Crippen MR) is 63.3 cm³/mol. The van der Waals surface area contributed by atoms with Gasteiger partial charge in [-0.1, -0.05) is 20.3 Å². The van der Waals surface area contributed by atoms with Crippen molar-refractivity contribution < 1.29 is 9.90 Å². The van der Waals surface area contributed by atoms with Gasteiger partial charge in [0.15, 0.2) is 0 Å². The summed E-state index contributed by atoms with van der Waals surface area (Å²) in [6.45, 7) is 6.38. The molecule has 0 amide bonds. The van der Waals surface area contributed by atoms with Crippen LogP contribution in [0.1, 0.15) is 39.5 Å². The van der Waals surface area contributed by atoms with E-state index >= 15 is 0 Å². The number of hydrogen-bond acceptors (Lipinski definition) is 2. The van der Waals surface area contributed by atoms with Crippen molar-refractivity contribution >= 4 is 5.97 Å². The maximum Gasteiger partial charge on any atom is 0.321 e. The number of aliphatic carboxylic acids is 1. The van der Waals surface area contributed by atoms with Crippen molar-refractivity contribution in [3.05, 3.63) is 0 Å². The molecule has 3 unspecified atom stereocenters. The van der Waals surface area contributed by atoms with Gasteiger partial charge < -0.3 is 5.11 Å². The van der Waals surface area contributed by atoms with E-state index in [2.05, 4.69) is 18.7 Å². The molecule has 1 aliphatic carbocycles. The molecular weight excluding hydrogens is 202 g/mol. The summed E-state index contributed by atoms with van der Waals surface area (Å²) in [5, 5.41) is 9.35. The molecule has 2 rings (SSSR count). The quantitative estimate of drug-likeness (QED) is 0.797. The van der Waals surface area contributed by atoms with E-state index in [9.17, 15) is 9.90 Å². The number of carboxylic acids is 1. The van der Waals surface area contributed by atoms with Gasteiger partial charge in [0.2, 0.25) is 0 Å². The molecule has 3 heteroatoms. The Bertz CT molecular complexity index is 265. The first-order valence-electron chi connectivity index (χ1n) is 6.56. The van der Waals surface area contributed by atoms with E-state index in [1.54, 1.807) is 0 Å². The van der Waals surface area contributed by atoms with Crippen molar-refractivity contribution in [3.63, 3.8) is 0 Å². The normalized spacial score (nSPS) is 34.6. The van der Waals surface area contributed by atoms with Crippen LogP contribution in [0.2, 0.25) is 0 Å². The molecule has 0 bridgehead atoms. The molecule has 1 aliphatic heterocycles. The van der Waals surface area contributed by atoms with Crippen LogP contribution in [-0.4, -0.2) is 35.1 Å². The van der Waals surface area contributed by atoms with E-state index in [1.165, 1.54) is 12.8 Å². The number of carbonyl (C=O) groups is 1. The highest BCUT2D eigenvalue weighted by Gasteiger charge is 2.47. The summed E-state index contributed by atoms with van der Waals surface area (Å²) in [7, 11) is 0. The average Bonchev–Trinajstić information content (AvgIpc) is 2.71. The molecule has 3 atom stereocenters. The zero-order chi connectivity index (χ0) is 11.7. The molecule has 0 aromatic heterocycles. The first kappa shape index (κ1) is 11.9. The fourth-order valence-electron chi connectivity index (χ4n) is 3.39. The second-order valence-corrected chi connectivity index (χ2v) is 5.82. The summed E-state index contributed by atoms with van der Waals surface area (Å²) in [5.41, 5.74) is 0. The van der Waals surface area contributed by atoms with Gasteiger partial charge in [-0.15, -0.1) is 0 Å². The van der Waals surface area contributed by atoms with Crippen LogP contribution in [0.5, 0.6) is 0 Å². The molecule has 1 saturated carbocycles. The zero-order valence-corrected chi connectivity index (χ0v) is 10.4. The van der Waals surface area contributed by atoms with Gasteiger partial charge >= 0.3 is 5.97 Å². The molecule has 1 saturated heterocycles. The molecule has 1 heterocycles. The van der Waals surface area contributed by atoms with Crippen LogP contribution in [0.25, 0.3) is 0 Å². The summed E-state index contributed by atoms with van der Waals surface area (Å²) < 4.78 is 0. The third-order valence-electron chi connectivity index (χ3n) is 4.23. The first-order valence-corrected chi connectivity index (χ1v) is 6.56. The lowest BCUT2D eigenvalue weighted by molar-refractivity contribution is -0.143. The minimum absolute atomic E-state index is 0.189. The molecule has 0 aromatic carbocycles. The van der Waals surface area contributed by atoms with E-state index in [-0.39, 0.29) is 6.04 Å². The molecule has 2 fully saturated rings. The second kappa shape index (κ2) is 4.74. The number of nitrogens with zero attached hydrogens (tertiary/aromatic N) is 1. The summed E-state index contributed by atoms with van der Waals surface area (Å²) in [6.07, 6.45) is 4.72. The fourth-order valence-corrected chi connectivity index (χ4v) is 3.39. The summed E-state index contributed by atoms with van der Waals surface area (Å²) >= 11 is 0. The van der Waals surface area contributed by atoms with Crippen LogP contribution in [-0.2, 0) is 4.79 Å². The van der Waals surface area contributed by atoms with Gasteiger partial charge in [0, 0.05) is 6.54 Å². The highest BCUT2D eigenvalue weighted by molar-refractivity contribution is 5.74. The fraction of sp³-hybridized carbons (Fsp3) is 0.923. The van der Waals surface area contributed by atoms with Gasteiger partial charge in [0.1, 0.15) is 6.04 Å². The molecule has 0 spiro atoms. The monoisotopic (exact) mass is 225 g/mol. The summed E-state index contributed by atoms with van der Waals surface area (Å²) in [6, 6.07) is -0.189. The molecular formula is C13H23NO2. The van der Waals surface area contributed by atoms with E-state index in [0.717, 1.165) is 25.9 Å². The molecule has 0 radical (unpaired) electrons. The maximum atomic E-state index is 11.4. The minimum Gasteiger partial charge on any atom is -0.480 e. The van der Waals surface area contributed by atoms with Crippen molar-refractivity contribution in [2.24, 2.45) is 17.8 Å². The molecule has 0 aromatic rings. The smallest absolute Gasteiger partial charge is 0.321 e. The standard InChI is InChI=1S/C13H23NO2/c1-9(2)6-7-14-8-10-4-3-5-11(10)12(14)13(15)16/h9-12H,3-8H2,1-2H3,(H,15,16). The number of carboxylic acid groups (broad SMARTS) is 1. The third kappa shape index (κ3) is 2.24. The van der Waals surface area contributed by atoms with Crippen molar-refractivity contribution in [3.8, 4) is 0 Å². The van der Waals surface area contributed by atoms with Crippen molar-refractivity contribution in [2.45, 2.75) is 45.6 Å². The van der Waals surface area contributed by atoms with Crippen LogP contribution in [0.3, 0.4) is 0 Å². The topological polar surface area (TPSA) is 40.5 Å². The average molecular weight is 225 g/mol. The number of hydrogen-bond donors (Lipinski definition) is 1. The highest BCUT2D eigenvalue weighted by atomic mass is 16.4. The lowest BCUT2D eigenvalue weighted by Gasteiger charge is -2.24. The van der Waals surface area contributed by atoms with Gasteiger partial charge in [-0.3, -0.25) is 9.69 Å². The van der Waals surface area contributed by atoms with Gasteiger partial charge in [-0.05, 0) is 43.6 Å². The highest BCUT2D eigenvalue weighted by Crippen LogP contribution is 2.42. The summed E-state index contributed by atoms with van der Waals surface area (Å²) in [5.74, 6) is 1.16. The Labute approximate surface area is 97.8 Å². The number of rotatable bonds is 4. The zero-order valence-electron chi connectivity index (χ0n) is 10.4. The van der Waals surface area contributed by atoms with Gasteiger partial charge in [-0.25, -0.2) is 0 Å². The first-order chi connectivity index (χ1) is 7.59. The lowest BCUT2D eigenvalue weighted by Crippen LogP contribution is -2.40. The second-order valence-electron chi connectivity index (χ2n) is 5.82. The molecule has 16 heavy (non-hydrogen) atoms. The van der Waals surface area contributed by atoms with Crippen LogP contribution >= 0.6 is 0 Å². The Morgan fingerprint density at radius 3 is 2.81 bits per heavy atom. The van der Waals surface area contributed by atoms with Crippen LogP contribution in [0.15, 0.2) is 0 Å². The van der Waals surface area contributed by atoms with Crippen LogP contribution in [0.4, 0.5) is 0 Å². The third-order valence-corrected chi connectivity index (χ3v) is 4.23.